The monoisotopic (exact) mass is 298 g/mol. The highest BCUT2D eigenvalue weighted by Gasteiger charge is 2.26. The lowest BCUT2D eigenvalue weighted by Crippen LogP contribution is -2.31. The summed E-state index contributed by atoms with van der Waals surface area (Å²) >= 11 is 0. The largest absolute Gasteiger partial charge is 0.475 e. The van der Waals surface area contributed by atoms with Crippen molar-refractivity contribution in [3.63, 3.8) is 0 Å². The fraction of sp³-hybridized carbons (Fsp3) is 0.125. The van der Waals surface area contributed by atoms with Crippen LogP contribution < -0.4 is 10.2 Å². The maximum atomic E-state index is 11.3. The van der Waals surface area contributed by atoms with E-state index in [-0.39, 0.29) is 6.61 Å². The molecule has 0 saturated heterocycles. The predicted molar refractivity (Wildman–Crippen MR) is 79.2 cm³/mol. The fourth-order valence-corrected chi connectivity index (χ4v) is 2.06. The van der Waals surface area contributed by atoms with Crippen molar-refractivity contribution in [1.29, 1.82) is 0 Å². The number of benzene rings is 2. The Bertz CT molecular complexity index is 700. The van der Waals surface area contributed by atoms with E-state index in [1.165, 1.54) is 0 Å². The van der Waals surface area contributed by atoms with E-state index in [9.17, 15) is 4.79 Å². The lowest BCUT2D eigenvalue weighted by Gasteiger charge is -2.07. The van der Waals surface area contributed by atoms with Crippen molar-refractivity contribution in [2.75, 3.05) is 6.61 Å². The van der Waals surface area contributed by atoms with Gasteiger partial charge in [0.25, 0.3) is 5.91 Å². The zero-order valence-electron chi connectivity index (χ0n) is 11.6. The van der Waals surface area contributed by atoms with Crippen molar-refractivity contribution in [3.05, 3.63) is 60.2 Å². The van der Waals surface area contributed by atoms with E-state index in [4.69, 9.17) is 14.7 Å². The minimum atomic E-state index is -0.737. The van der Waals surface area contributed by atoms with Gasteiger partial charge in [0, 0.05) is 5.56 Å². The van der Waals surface area contributed by atoms with E-state index in [2.05, 4.69) is 4.99 Å². The maximum absolute atomic E-state index is 11.3. The molecular formula is C16H14N2O4. The normalized spacial score (nSPS) is 16.6. The van der Waals surface area contributed by atoms with Crippen molar-refractivity contribution in [1.82, 2.24) is 5.48 Å². The smallest absolute Gasteiger partial charge is 0.271 e. The molecule has 2 aromatic carbocycles. The number of hydrogen-bond acceptors (Lipinski definition) is 5. The first kappa shape index (κ1) is 14.1. The first-order valence-corrected chi connectivity index (χ1v) is 6.74. The number of nitrogens with one attached hydrogen (secondary N) is 1. The van der Waals surface area contributed by atoms with E-state index >= 15 is 0 Å². The molecule has 0 saturated carbocycles. The number of carbonyl (C=O) groups excluding carboxylic acids is 1. The molecule has 2 N–H and O–H groups in total. The lowest BCUT2D eigenvalue weighted by molar-refractivity contribution is -0.130. The number of ether oxygens (including phenoxy) is 2. The SMILES string of the molecule is O=C(NO)C1COC(c2cccc(Oc3ccccc3)c2)=N1. The van der Waals surface area contributed by atoms with Gasteiger partial charge in [0.15, 0.2) is 6.04 Å². The van der Waals surface area contributed by atoms with Gasteiger partial charge in [0.1, 0.15) is 18.1 Å². The van der Waals surface area contributed by atoms with Crippen LogP contribution in [0.25, 0.3) is 0 Å². The number of para-hydroxylation sites is 1. The van der Waals surface area contributed by atoms with Gasteiger partial charge in [0.2, 0.25) is 5.90 Å². The van der Waals surface area contributed by atoms with Crippen molar-refractivity contribution in [2.45, 2.75) is 6.04 Å². The van der Waals surface area contributed by atoms with Gasteiger partial charge in [-0.25, -0.2) is 10.5 Å². The van der Waals surface area contributed by atoms with Gasteiger partial charge in [-0.05, 0) is 30.3 Å². The molecule has 0 bridgehead atoms. The van der Waals surface area contributed by atoms with E-state index in [1.807, 2.05) is 48.5 Å². The third-order valence-electron chi connectivity index (χ3n) is 3.12. The van der Waals surface area contributed by atoms with Gasteiger partial charge in [0.05, 0.1) is 0 Å². The van der Waals surface area contributed by atoms with Crippen LogP contribution in [0.4, 0.5) is 0 Å². The topological polar surface area (TPSA) is 80.2 Å². The van der Waals surface area contributed by atoms with Gasteiger partial charge in [-0.3, -0.25) is 10.0 Å². The summed E-state index contributed by atoms with van der Waals surface area (Å²) in [6.45, 7) is 0.103. The second-order valence-electron chi connectivity index (χ2n) is 4.68. The number of hydrogen-bond donors (Lipinski definition) is 2. The molecule has 1 aliphatic rings. The first-order valence-electron chi connectivity index (χ1n) is 6.74. The van der Waals surface area contributed by atoms with Crippen molar-refractivity contribution >= 4 is 11.8 Å². The molecule has 22 heavy (non-hydrogen) atoms. The van der Waals surface area contributed by atoms with Crippen LogP contribution in [-0.4, -0.2) is 29.7 Å². The Morgan fingerprint density at radius 1 is 1.18 bits per heavy atom. The molecule has 6 nitrogen and oxygen atoms in total. The highest BCUT2D eigenvalue weighted by atomic mass is 16.5. The van der Waals surface area contributed by atoms with Gasteiger partial charge < -0.3 is 9.47 Å². The van der Waals surface area contributed by atoms with Crippen molar-refractivity contribution in [3.8, 4) is 11.5 Å². The Kier molecular flexibility index (Phi) is 4.02. The second-order valence-corrected chi connectivity index (χ2v) is 4.68. The number of nitrogens with zero attached hydrogens (tertiary/aromatic N) is 1. The Morgan fingerprint density at radius 2 is 1.95 bits per heavy atom. The molecular weight excluding hydrogens is 284 g/mol. The van der Waals surface area contributed by atoms with E-state index < -0.39 is 11.9 Å². The third-order valence-corrected chi connectivity index (χ3v) is 3.12. The predicted octanol–water partition coefficient (Wildman–Crippen LogP) is 2.13. The molecule has 112 valence electrons. The molecule has 1 atom stereocenters. The van der Waals surface area contributed by atoms with Crippen LogP contribution in [0.5, 0.6) is 11.5 Å². The molecule has 0 aromatic heterocycles. The Morgan fingerprint density at radius 3 is 2.73 bits per heavy atom. The van der Waals surface area contributed by atoms with Crippen molar-refractivity contribution < 1.29 is 19.5 Å². The van der Waals surface area contributed by atoms with Crippen LogP contribution >= 0.6 is 0 Å². The van der Waals surface area contributed by atoms with E-state index in [0.29, 0.717) is 17.2 Å². The van der Waals surface area contributed by atoms with Crippen molar-refractivity contribution in [2.24, 2.45) is 4.99 Å². The Labute approximate surface area is 127 Å². The standard InChI is InChI=1S/C16H14N2O4/c19-15(18-20)14-10-21-16(17-14)11-5-4-8-13(9-11)22-12-6-2-1-3-7-12/h1-9,14,20H,10H2,(H,18,19). The molecule has 1 unspecified atom stereocenters. The van der Waals surface area contributed by atoms with Gasteiger partial charge in [-0.2, -0.15) is 0 Å². The number of hydroxylamine groups is 1. The van der Waals surface area contributed by atoms with E-state index in [0.717, 1.165) is 5.75 Å². The highest BCUT2D eigenvalue weighted by Crippen LogP contribution is 2.23. The summed E-state index contributed by atoms with van der Waals surface area (Å²) in [5.41, 5.74) is 2.28. The molecule has 3 rings (SSSR count). The summed E-state index contributed by atoms with van der Waals surface area (Å²) in [7, 11) is 0. The summed E-state index contributed by atoms with van der Waals surface area (Å²) in [6.07, 6.45) is 0. The molecule has 1 amide bonds. The highest BCUT2D eigenvalue weighted by molar-refractivity contribution is 5.98. The number of amides is 1. The average Bonchev–Trinajstić information content (AvgIpc) is 3.05. The average molecular weight is 298 g/mol. The Hall–Kier alpha value is -2.86. The number of rotatable bonds is 4. The van der Waals surface area contributed by atoms with E-state index in [1.54, 1.807) is 11.5 Å². The number of aliphatic imine (C=N–C) groups is 1. The zero-order valence-corrected chi connectivity index (χ0v) is 11.6. The number of carbonyl (C=O) groups is 1. The maximum Gasteiger partial charge on any atom is 0.271 e. The lowest BCUT2D eigenvalue weighted by atomic mass is 10.2. The molecule has 0 radical (unpaired) electrons. The van der Waals surface area contributed by atoms with Crippen LogP contribution in [0.2, 0.25) is 0 Å². The molecule has 1 heterocycles. The fourth-order valence-electron chi connectivity index (χ4n) is 2.06. The van der Waals surface area contributed by atoms with Crippen LogP contribution in [0.3, 0.4) is 0 Å². The third kappa shape index (κ3) is 3.07. The summed E-state index contributed by atoms with van der Waals surface area (Å²) in [5.74, 6) is 1.13. The zero-order chi connectivity index (χ0) is 15.4. The minimum Gasteiger partial charge on any atom is -0.475 e. The van der Waals surface area contributed by atoms with Crippen LogP contribution in [-0.2, 0) is 9.53 Å². The summed E-state index contributed by atoms with van der Waals surface area (Å²) in [4.78, 5) is 15.5. The minimum absolute atomic E-state index is 0.103. The molecule has 2 aromatic rings. The first-order chi connectivity index (χ1) is 10.8. The molecule has 1 aliphatic heterocycles. The molecule has 0 fully saturated rings. The van der Waals surface area contributed by atoms with Crippen LogP contribution in [0.15, 0.2) is 59.6 Å². The van der Waals surface area contributed by atoms with Crippen LogP contribution in [0.1, 0.15) is 5.56 Å². The molecule has 0 aliphatic carbocycles. The molecule has 0 spiro atoms. The van der Waals surface area contributed by atoms with Crippen LogP contribution in [0, 0.1) is 0 Å². The summed E-state index contributed by atoms with van der Waals surface area (Å²) in [5, 5.41) is 8.62. The quantitative estimate of drug-likeness (QED) is 0.669. The van der Waals surface area contributed by atoms with Gasteiger partial charge in [-0.15, -0.1) is 0 Å². The summed E-state index contributed by atoms with van der Waals surface area (Å²) in [6, 6.07) is 15.9. The molecule has 6 heteroatoms. The Balaban J connectivity index is 1.79. The van der Waals surface area contributed by atoms with Gasteiger partial charge in [-0.1, -0.05) is 24.3 Å². The second kappa shape index (κ2) is 6.28. The summed E-state index contributed by atoms with van der Waals surface area (Å²) < 4.78 is 11.1. The van der Waals surface area contributed by atoms with Gasteiger partial charge >= 0.3 is 0 Å².